The molecule has 90 valence electrons. The van der Waals surface area contributed by atoms with Crippen LogP contribution in [-0.4, -0.2) is 23.7 Å². The predicted molar refractivity (Wildman–Crippen MR) is 66.3 cm³/mol. The van der Waals surface area contributed by atoms with Crippen molar-refractivity contribution < 1.29 is 9.90 Å². The van der Waals surface area contributed by atoms with E-state index in [0.29, 0.717) is 12.5 Å². The van der Waals surface area contributed by atoms with Gasteiger partial charge in [0.25, 0.3) is 0 Å². The Kier molecular flexibility index (Phi) is 2.54. The average molecular weight is 231 g/mol. The number of nitrogens with zero attached hydrogens (tertiary/aromatic N) is 1. The number of benzene rings is 1. The van der Waals surface area contributed by atoms with Gasteiger partial charge in [0, 0.05) is 24.7 Å². The number of aryl methyl sites for hydroxylation is 1. The molecule has 2 bridgehead atoms. The van der Waals surface area contributed by atoms with Crippen molar-refractivity contribution >= 4 is 11.7 Å². The summed E-state index contributed by atoms with van der Waals surface area (Å²) in [5.74, 6) is 0.165. The van der Waals surface area contributed by atoms with E-state index < -0.39 is 5.97 Å². The molecule has 2 saturated heterocycles. The van der Waals surface area contributed by atoms with Crippen LogP contribution in [0.2, 0.25) is 0 Å². The van der Waals surface area contributed by atoms with E-state index in [9.17, 15) is 4.79 Å². The molecular formula is C14H17NO2. The minimum absolute atomic E-state index is 0.221. The topological polar surface area (TPSA) is 40.5 Å². The predicted octanol–water partition coefficient (Wildman–Crippen LogP) is 2.30. The average Bonchev–Trinajstić information content (AvgIpc) is 2.85. The van der Waals surface area contributed by atoms with Crippen LogP contribution >= 0.6 is 0 Å². The number of carboxylic acids is 1. The zero-order valence-electron chi connectivity index (χ0n) is 9.80. The Labute approximate surface area is 101 Å². The Morgan fingerprint density at radius 3 is 2.76 bits per heavy atom. The fraction of sp³-hybridized carbons (Fsp3) is 0.500. The van der Waals surface area contributed by atoms with E-state index in [1.165, 1.54) is 24.1 Å². The van der Waals surface area contributed by atoms with E-state index in [1.807, 2.05) is 6.07 Å². The molecule has 1 aromatic carbocycles. The Morgan fingerprint density at radius 2 is 2.12 bits per heavy atom. The lowest BCUT2D eigenvalue weighted by atomic mass is 9.86. The number of carbonyl (C=O) groups is 1. The second-order valence-corrected chi connectivity index (χ2v) is 5.17. The molecule has 1 saturated carbocycles. The van der Waals surface area contributed by atoms with Gasteiger partial charge in [0.2, 0.25) is 0 Å². The van der Waals surface area contributed by atoms with E-state index >= 15 is 0 Å². The van der Waals surface area contributed by atoms with Crippen molar-refractivity contribution in [3.63, 3.8) is 0 Å². The molecule has 0 spiro atoms. The van der Waals surface area contributed by atoms with Gasteiger partial charge in [0.1, 0.15) is 0 Å². The minimum Gasteiger partial charge on any atom is -0.481 e. The largest absolute Gasteiger partial charge is 0.481 e. The van der Waals surface area contributed by atoms with E-state index in [-0.39, 0.29) is 6.42 Å². The summed E-state index contributed by atoms with van der Waals surface area (Å²) in [6.07, 6.45) is 3.51. The highest BCUT2D eigenvalue weighted by atomic mass is 16.4. The number of aliphatic carboxylic acids is 1. The van der Waals surface area contributed by atoms with Crippen LogP contribution in [0, 0.1) is 5.92 Å². The van der Waals surface area contributed by atoms with E-state index in [4.69, 9.17) is 5.11 Å². The molecule has 4 rings (SSSR count). The SMILES string of the molecule is O=C(O)CCc1ccccc1N1CC2CC1C2. The molecule has 1 aliphatic carbocycles. The third-order valence-electron chi connectivity index (χ3n) is 4.02. The van der Waals surface area contributed by atoms with Crippen LogP contribution in [0.15, 0.2) is 24.3 Å². The molecule has 2 heterocycles. The van der Waals surface area contributed by atoms with E-state index in [0.717, 1.165) is 12.5 Å². The van der Waals surface area contributed by atoms with Crippen LogP contribution in [0.4, 0.5) is 5.69 Å². The molecule has 3 nitrogen and oxygen atoms in total. The Balaban J connectivity index is 1.80. The van der Waals surface area contributed by atoms with Gasteiger partial charge in [-0.1, -0.05) is 18.2 Å². The summed E-state index contributed by atoms with van der Waals surface area (Å²) >= 11 is 0. The minimum atomic E-state index is -0.717. The van der Waals surface area contributed by atoms with Gasteiger partial charge >= 0.3 is 5.97 Å². The van der Waals surface area contributed by atoms with Crippen LogP contribution in [0.25, 0.3) is 0 Å². The zero-order chi connectivity index (χ0) is 11.8. The summed E-state index contributed by atoms with van der Waals surface area (Å²) in [6, 6.07) is 8.97. The first kappa shape index (κ1) is 10.6. The molecule has 3 fully saturated rings. The summed E-state index contributed by atoms with van der Waals surface area (Å²) in [6.45, 7) is 1.16. The Bertz CT molecular complexity index is 438. The Morgan fingerprint density at radius 1 is 1.35 bits per heavy atom. The summed E-state index contributed by atoms with van der Waals surface area (Å²) in [7, 11) is 0. The highest BCUT2D eigenvalue weighted by Gasteiger charge is 2.43. The summed E-state index contributed by atoms with van der Waals surface area (Å²) in [4.78, 5) is 13.1. The summed E-state index contributed by atoms with van der Waals surface area (Å²) in [5, 5.41) is 8.78. The maximum Gasteiger partial charge on any atom is 0.303 e. The second-order valence-electron chi connectivity index (χ2n) is 5.17. The third-order valence-corrected chi connectivity index (χ3v) is 4.02. The zero-order valence-corrected chi connectivity index (χ0v) is 9.80. The lowest BCUT2D eigenvalue weighted by Gasteiger charge is -2.28. The number of rotatable bonds is 4. The number of para-hydroxylation sites is 1. The van der Waals surface area contributed by atoms with Crippen LogP contribution in [-0.2, 0) is 11.2 Å². The molecule has 1 N–H and O–H groups in total. The molecule has 0 radical (unpaired) electrons. The standard InChI is InChI=1S/C14H17NO2/c16-14(17)6-5-11-3-1-2-4-13(11)15-9-10-7-12(15)8-10/h1-4,10,12H,5-9H2,(H,16,17). The van der Waals surface area contributed by atoms with Gasteiger partial charge in [-0.05, 0) is 36.8 Å². The fourth-order valence-electron chi connectivity index (χ4n) is 3.07. The normalized spacial score (nSPS) is 25.8. The first-order valence-electron chi connectivity index (χ1n) is 6.30. The van der Waals surface area contributed by atoms with Crippen molar-refractivity contribution in [2.75, 3.05) is 11.4 Å². The molecule has 3 aliphatic rings. The van der Waals surface area contributed by atoms with Gasteiger partial charge in [-0.3, -0.25) is 4.79 Å². The van der Waals surface area contributed by atoms with E-state index in [2.05, 4.69) is 23.1 Å². The van der Waals surface area contributed by atoms with Gasteiger partial charge in [-0.15, -0.1) is 0 Å². The monoisotopic (exact) mass is 231 g/mol. The molecule has 1 aromatic rings. The first-order chi connectivity index (χ1) is 8.24. The van der Waals surface area contributed by atoms with Crippen LogP contribution in [0.5, 0.6) is 0 Å². The highest BCUT2D eigenvalue weighted by Crippen LogP contribution is 2.44. The molecule has 2 aliphatic heterocycles. The summed E-state index contributed by atoms with van der Waals surface area (Å²) < 4.78 is 0. The van der Waals surface area contributed by atoms with Crippen molar-refractivity contribution in [3.05, 3.63) is 29.8 Å². The number of fused-ring (bicyclic) bond motifs is 1. The number of hydrogen-bond acceptors (Lipinski definition) is 2. The number of hydrogen-bond donors (Lipinski definition) is 1. The maximum absolute atomic E-state index is 10.7. The third kappa shape index (κ3) is 1.90. The van der Waals surface area contributed by atoms with Crippen LogP contribution < -0.4 is 4.90 Å². The summed E-state index contributed by atoms with van der Waals surface area (Å²) in [5.41, 5.74) is 2.45. The highest BCUT2D eigenvalue weighted by molar-refractivity contribution is 5.68. The van der Waals surface area contributed by atoms with Gasteiger partial charge < -0.3 is 10.0 Å². The molecular weight excluding hydrogens is 214 g/mol. The molecule has 0 amide bonds. The van der Waals surface area contributed by atoms with Gasteiger partial charge in [-0.2, -0.15) is 0 Å². The van der Waals surface area contributed by atoms with Crippen molar-refractivity contribution in [2.24, 2.45) is 5.92 Å². The van der Waals surface area contributed by atoms with Crippen molar-refractivity contribution in [1.29, 1.82) is 0 Å². The molecule has 0 aromatic heterocycles. The van der Waals surface area contributed by atoms with Gasteiger partial charge in [0.15, 0.2) is 0 Å². The number of anilines is 1. The first-order valence-corrected chi connectivity index (χ1v) is 6.30. The Hall–Kier alpha value is -1.51. The molecule has 17 heavy (non-hydrogen) atoms. The van der Waals surface area contributed by atoms with Crippen molar-refractivity contribution in [1.82, 2.24) is 0 Å². The maximum atomic E-state index is 10.7. The quantitative estimate of drug-likeness (QED) is 0.864. The van der Waals surface area contributed by atoms with Crippen LogP contribution in [0.1, 0.15) is 24.8 Å². The molecule has 0 atom stereocenters. The van der Waals surface area contributed by atoms with Crippen LogP contribution in [0.3, 0.4) is 0 Å². The fourth-order valence-corrected chi connectivity index (χ4v) is 3.07. The van der Waals surface area contributed by atoms with E-state index in [1.54, 1.807) is 0 Å². The van der Waals surface area contributed by atoms with Crippen molar-refractivity contribution in [2.45, 2.75) is 31.7 Å². The van der Waals surface area contributed by atoms with Gasteiger partial charge in [0.05, 0.1) is 0 Å². The second kappa shape index (κ2) is 4.06. The molecule has 3 heteroatoms. The lowest BCUT2D eigenvalue weighted by molar-refractivity contribution is -0.136. The molecule has 0 unspecified atom stereocenters. The lowest BCUT2D eigenvalue weighted by Crippen LogP contribution is -2.29. The van der Waals surface area contributed by atoms with Gasteiger partial charge in [-0.25, -0.2) is 0 Å². The van der Waals surface area contributed by atoms with Crippen molar-refractivity contribution in [3.8, 4) is 0 Å². The number of carboxylic acid groups (broad SMARTS) is 1. The smallest absolute Gasteiger partial charge is 0.303 e.